The molecule has 3 nitrogen and oxygen atoms in total. The van der Waals surface area contributed by atoms with Gasteiger partial charge in [0.15, 0.2) is 0 Å². The number of alkyl halides is 3. The van der Waals surface area contributed by atoms with E-state index in [0.29, 0.717) is 12.1 Å². The van der Waals surface area contributed by atoms with Crippen LogP contribution in [0.1, 0.15) is 18.1 Å². The largest absolute Gasteiger partial charge is 0.478 e. The number of nitrogens with one attached hydrogen (secondary N) is 1. The van der Waals surface area contributed by atoms with E-state index < -0.39 is 17.7 Å². The van der Waals surface area contributed by atoms with E-state index in [0.717, 1.165) is 18.2 Å². The molecule has 0 bridgehead atoms. The highest BCUT2D eigenvalue weighted by Crippen LogP contribution is 2.32. The fourth-order valence-electron chi connectivity index (χ4n) is 1.38. The molecule has 98 valence electrons. The highest BCUT2D eigenvalue weighted by molar-refractivity contribution is 5.87. The molecule has 0 aliphatic carbocycles. The molecule has 6 heteroatoms. The van der Waals surface area contributed by atoms with Crippen molar-refractivity contribution in [2.75, 3.05) is 11.9 Å². The predicted octanol–water partition coefficient (Wildman–Crippen LogP) is 3.24. The van der Waals surface area contributed by atoms with Gasteiger partial charge in [-0.05, 0) is 30.7 Å². The van der Waals surface area contributed by atoms with Crippen molar-refractivity contribution in [2.45, 2.75) is 13.1 Å². The van der Waals surface area contributed by atoms with Gasteiger partial charge in [0.25, 0.3) is 0 Å². The fraction of sp³-hybridized carbons (Fsp3) is 0.250. The highest BCUT2D eigenvalue weighted by atomic mass is 19.4. The van der Waals surface area contributed by atoms with E-state index >= 15 is 0 Å². The third-order valence-electron chi connectivity index (χ3n) is 2.15. The van der Waals surface area contributed by atoms with E-state index in [1.165, 1.54) is 12.1 Å². The van der Waals surface area contributed by atoms with Gasteiger partial charge in [-0.15, -0.1) is 0 Å². The van der Waals surface area contributed by atoms with Crippen molar-refractivity contribution in [2.24, 2.45) is 0 Å². The zero-order valence-corrected chi connectivity index (χ0v) is 9.58. The van der Waals surface area contributed by atoms with Crippen LogP contribution in [0.15, 0.2) is 24.3 Å². The number of aliphatic carboxylic acids is 1. The number of benzene rings is 1. The summed E-state index contributed by atoms with van der Waals surface area (Å²) in [5, 5.41) is 11.3. The third-order valence-corrected chi connectivity index (χ3v) is 2.15. The smallest absolute Gasteiger partial charge is 0.416 e. The SMILES string of the molecule is CCNc1cc(C(F)(F)F)ccc1/C=C/C(=O)O. The lowest BCUT2D eigenvalue weighted by Crippen LogP contribution is -2.07. The van der Waals surface area contributed by atoms with Crippen molar-refractivity contribution < 1.29 is 23.1 Å². The number of rotatable bonds is 4. The lowest BCUT2D eigenvalue weighted by atomic mass is 10.1. The summed E-state index contributed by atoms with van der Waals surface area (Å²) in [5.74, 6) is -1.16. The predicted molar refractivity (Wildman–Crippen MR) is 62.3 cm³/mol. The summed E-state index contributed by atoms with van der Waals surface area (Å²) in [5.41, 5.74) is -0.122. The van der Waals surface area contributed by atoms with Crippen LogP contribution in [0, 0.1) is 0 Å². The first-order valence-corrected chi connectivity index (χ1v) is 5.20. The van der Waals surface area contributed by atoms with Gasteiger partial charge < -0.3 is 10.4 Å². The molecule has 0 aliphatic heterocycles. The molecule has 0 saturated carbocycles. The molecule has 18 heavy (non-hydrogen) atoms. The van der Waals surface area contributed by atoms with E-state index in [-0.39, 0.29) is 5.69 Å². The standard InChI is InChI=1S/C12H12F3NO2/c1-2-16-10-7-9(12(13,14)15)5-3-8(10)4-6-11(17)18/h3-7,16H,2H2,1H3,(H,17,18)/b6-4+. The van der Waals surface area contributed by atoms with Gasteiger partial charge in [-0.3, -0.25) is 0 Å². The van der Waals surface area contributed by atoms with Crippen LogP contribution >= 0.6 is 0 Å². The van der Waals surface area contributed by atoms with Crippen LogP contribution in [-0.2, 0) is 11.0 Å². The third kappa shape index (κ3) is 3.80. The molecule has 1 aromatic carbocycles. The number of hydrogen-bond acceptors (Lipinski definition) is 2. The van der Waals surface area contributed by atoms with Crippen LogP contribution in [-0.4, -0.2) is 17.6 Å². The van der Waals surface area contributed by atoms with Gasteiger partial charge in [-0.25, -0.2) is 4.79 Å². The Kier molecular flexibility index (Phi) is 4.36. The molecular weight excluding hydrogens is 247 g/mol. The van der Waals surface area contributed by atoms with Crippen molar-refractivity contribution in [3.63, 3.8) is 0 Å². The molecule has 0 radical (unpaired) electrons. The maximum Gasteiger partial charge on any atom is 0.416 e. The number of halogens is 3. The van der Waals surface area contributed by atoms with Gasteiger partial charge in [-0.2, -0.15) is 13.2 Å². The molecule has 0 aromatic heterocycles. The van der Waals surface area contributed by atoms with Crippen LogP contribution in [0.5, 0.6) is 0 Å². The molecule has 0 amide bonds. The Hall–Kier alpha value is -1.98. The van der Waals surface area contributed by atoms with Crippen molar-refractivity contribution in [1.29, 1.82) is 0 Å². The summed E-state index contributed by atoms with van der Waals surface area (Å²) in [6, 6.07) is 3.12. The van der Waals surface area contributed by atoms with E-state index in [1.807, 2.05) is 0 Å². The Bertz CT molecular complexity index is 467. The van der Waals surface area contributed by atoms with Gasteiger partial charge >= 0.3 is 12.1 Å². The Balaban J connectivity index is 3.16. The first-order valence-electron chi connectivity index (χ1n) is 5.20. The minimum Gasteiger partial charge on any atom is -0.478 e. The van der Waals surface area contributed by atoms with Gasteiger partial charge in [0, 0.05) is 18.3 Å². The minimum absolute atomic E-state index is 0.254. The molecule has 0 saturated heterocycles. The summed E-state index contributed by atoms with van der Waals surface area (Å²) in [7, 11) is 0. The molecule has 0 heterocycles. The molecule has 0 atom stereocenters. The molecule has 0 fully saturated rings. The maximum atomic E-state index is 12.5. The van der Waals surface area contributed by atoms with Gasteiger partial charge in [0.2, 0.25) is 0 Å². The van der Waals surface area contributed by atoms with Crippen molar-refractivity contribution in [1.82, 2.24) is 0 Å². The number of carboxylic acid groups (broad SMARTS) is 1. The molecule has 0 unspecified atom stereocenters. The summed E-state index contributed by atoms with van der Waals surface area (Å²) in [4.78, 5) is 10.4. The van der Waals surface area contributed by atoms with E-state index in [9.17, 15) is 18.0 Å². The lowest BCUT2D eigenvalue weighted by Gasteiger charge is -2.12. The van der Waals surface area contributed by atoms with Crippen molar-refractivity contribution >= 4 is 17.7 Å². The summed E-state index contributed by atoms with van der Waals surface area (Å²) < 4.78 is 37.5. The topological polar surface area (TPSA) is 49.3 Å². The normalized spacial score (nSPS) is 11.8. The van der Waals surface area contributed by atoms with E-state index in [1.54, 1.807) is 6.92 Å². The van der Waals surface area contributed by atoms with E-state index in [2.05, 4.69) is 5.32 Å². The number of hydrogen-bond donors (Lipinski definition) is 2. The van der Waals surface area contributed by atoms with Gasteiger partial charge in [0.05, 0.1) is 5.56 Å². The summed E-state index contributed by atoms with van der Waals surface area (Å²) >= 11 is 0. The Morgan fingerprint density at radius 3 is 2.61 bits per heavy atom. The highest BCUT2D eigenvalue weighted by Gasteiger charge is 2.30. The summed E-state index contributed by atoms with van der Waals surface area (Å²) in [6.07, 6.45) is -2.29. The zero-order valence-electron chi connectivity index (χ0n) is 9.58. The average molecular weight is 259 g/mol. The quantitative estimate of drug-likeness (QED) is 0.816. The Morgan fingerprint density at radius 2 is 2.11 bits per heavy atom. The molecule has 0 spiro atoms. The molecule has 1 aromatic rings. The Labute approximate surface area is 102 Å². The molecular formula is C12H12F3NO2. The first-order chi connectivity index (χ1) is 8.34. The average Bonchev–Trinajstić information content (AvgIpc) is 2.26. The van der Waals surface area contributed by atoms with Gasteiger partial charge in [0.1, 0.15) is 0 Å². The zero-order chi connectivity index (χ0) is 13.8. The minimum atomic E-state index is -4.42. The number of carbonyl (C=O) groups is 1. The summed E-state index contributed by atoms with van der Waals surface area (Å²) in [6.45, 7) is 2.18. The molecule has 2 N–H and O–H groups in total. The van der Waals surface area contributed by atoms with Crippen LogP contribution in [0.25, 0.3) is 6.08 Å². The maximum absolute atomic E-state index is 12.5. The molecule has 1 rings (SSSR count). The molecule has 0 aliphatic rings. The number of anilines is 1. The second-order valence-corrected chi connectivity index (χ2v) is 3.50. The monoisotopic (exact) mass is 259 g/mol. The second-order valence-electron chi connectivity index (χ2n) is 3.50. The van der Waals surface area contributed by atoms with Crippen LogP contribution in [0.4, 0.5) is 18.9 Å². The van der Waals surface area contributed by atoms with Crippen molar-refractivity contribution in [3.8, 4) is 0 Å². The Morgan fingerprint density at radius 1 is 1.44 bits per heavy atom. The van der Waals surface area contributed by atoms with Crippen LogP contribution in [0.2, 0.25) is 0 Å². The number of carboxylic acids is 1. The second kappa shape index (κ2) is 5.57. The fourth-order valence-corrected chi connectivity index (χ4v) is 1.38. The first kappa shape index (κ1) is 14.1. The van der Waals surface area contributed by atoms with Crippen LogP contribution < -0.4 is 5.32 Å². The van der Waals surface area contributed by atoms with Crippen LogP contribution in [0.3, 0.4) is 0 Å². The van der Waals surface area contributed by atoms with E-state index in [4.69, 9.17) is 5.11 Å². The van der Waals surface area contributed by atoms with Gasteiger partial charge in [-0.1, -0.05) is 6.07 Å². The van der Waals surface area contributed by atoms with Crippen molar-refractivity contribution in [3.05, 3.63) is 35.4 Å². The lowest BCUT2D eigenvalue weighted by molar-refractivity contribution is -0.137.